The van der Waals surface area contributed by atoms with Crippen LogP contribution < -0.4 is 5.32 Å². The molecule has 6 rings (SSSR count). The fourth-order valence-corrected chi connectivity index (χ4v) is 8.24. The molecule has 0 spiro atoms. The minimum absolute atomic E-state index is 0.119. The lowest BCUT2D eigenvalue weighted by molar-refractivity contribution is -0.121. The van der Waals surface area contributed by atoms with Gasteiger partial charge < -0.3 is 5.32 Å². The Hall–Kier alpha value is -1.74. The first-order valence-corrected chi connectivity index (χ1v) is 12.2. The molecule has 1 amide bonds. The highest BCUT2D eigenvalue weighted by molar-refractivity contribution is 8.00. The van der Waals surface area contributed by atoms with Crippen molar-refractivity contribution in [1.29, 1.82) is 0 Å². The van der Waals surface area contributed by atoms with Crippen molar-refractivity contribution in [2.24, 2.45) is 17.8 Å². The Morgan fingerprint density at radius 1 is 0.862 bits per heavy atom. The van der Waals surface area contributed by atoms with E-state index in [-0.39, 0.29) is 11.8 Å². The molecule has 0 radical (unpaired) electrons. The molecule has 2 aromatic rings. The predicted octanol–water partition coefficient (Wildman–Crippen LogP) is 5.64. The second kappa shape index (κ2) is 8.18. The quantitative estimate of drug-likeness (QED) is 0.604. The highest BCUT2D eigenvalue weighted by atomic mass is 32.2. The molecule has 4 saturated carbocycles. The van der Waals surface area contributed by atoms with E-state index in [1.807, 2.05) is 36.4 Å². The van der Waals surface area contributed by atoms with Crippen LogP contribution in [0.15, 0.2) is 60.7 Å². The predicted molar refractivity (Wildman–Crippen MR) is 121 cm³/mol. The van der Waals surface area contributed by atoms with E-state index in [9.17, 15) is 4.79 Å². The monoisotopic (exact) mass is 405 g/mol. The van der Waals surface area contributed by atoms with Gasteiger partial charge in [0.15, 0.2) is 0 Å². The van der Waals surface area contributed by atoms with E-state index < -0.39 is 0 Å². The summed E-state index contributed by atoms with van der Waals surface area (Å²) < 4.78 is 0.526. The first-order valence-electron chi connectivity index (χ1n) is 11.2. The summed E-state index contributed by atoms with van der Waals surface area (Å²) in [5.74, 6) is 3.89. The second-order valence-corrected chi connectivity index (χ2v) is 11.1. The molecule has 0 atom stereocenters. The van der Waals surface area contributed by atoms with Crippen molar-refractivity contribution in [2.45, 2.75) is 49.2 Å². The Morgan fingerprint density at radius 3 is 1.83 bits per heavy atom. The molecule has 29 heavy (non-hydrogen) atoms. The number of benzene rings is 2. The Kier molecular flexibility index (Phi) is 5.43. The van der Waals surface area contributed by atoms with Crippen LogP contribution in [-0.2, 0) is 4.79 Å². The van der Waals surface area contributed by atoms with Gasteiger partial charge in [0.05, 0.1) is 5.92 Å². The molecule has 2 nitrogen and oxygen atoms in total. The third-order valence-electron chi connectivity index (χ3n) is 7.32. The van der Waals surface area contributed by atoms with E-state index in [0.29, 0.717) is 4.75 Å². The lowest BCUT2D eigenvalue weighted by atomic mass is 9.56. The normalized spacial score (nSPS) is 29.9. The largest absolute Gasteiger partial charge is 0.354 e. The van der Waals surface area contributed by atoms with Gasteiger partial charge in [-0.1, -0.05) is 60.7 Å². The van der Waals surface area contributed by atoms with Crippen molar-refractivity contribution in [1.82, 2.24) is 5.32 Å². The summed E-state index contributed by atoms with van der Waals surface area (Å²) in [4.78, 5) is 13.1. The average Bonchev–Trinajstić information content (AvgIpc) is 2.72. The smallest absolute Gasteiger partial charge is 0.232 e. The van der Waals surface area contributed by atoms with Crippen molar-refractivity contribution in [2.75, 3.05) is 12.3 Å². The van der Waals surface area contributed by atoms with Gasteiger partial charge in [0.1, 0.15) is 0 Å². The molecule has 3 heteroatoms. The van der Waals surface area contributed by atoms with Crippen LogP contribution in [0.25, 0.3) is 0 Å². The Balaban J connectivity index is 1.20. The summed E-state index contributed by atoms with van der Waals surface area (Å²) in [6.07, 6.45) is 8.75. The van der Waals surface area contributed by atoms with Crippen LogP contribution in [0.3, 0.4) is 0 Å². The van der Waals surface area contributed by atoms with E-state index in [0.717, 1.165) is 41.2 Å². The Labute approximate surface area is 178 Å². The minimum atomic E-state index is -0.234. The summed E-state index contributed by atoms with van der Waals surface area (Å²) in [6, 6.07) is 20.3. The molecule has 4 bridgehead atoms. The molecule has 152 valence electrons. The summed E-state index contributed by atoms with van der Waals surface area (Å²) >= 11 is 2.16. The molecule has 2 aromatic carbocycles. The highest BCUT2D eigenvalue weighted by Crippen LogP contribution is 2.60. The first-order chi connectivity index (χ1) is 14.2. The number of hydrogen-bond donors (Lipinski definition) is 1. The van der Waals surface area contributed by atoms with E-state index >= 15 is 0 Å². The van der Waals surface area contributed by atoms with Gasteiger partial charge in [0, 0.05) is 17.0 Å². The zero-order valence-electron chi connectivity index (χ0n) is 17.1. The number of hydrogen-bond acceptors (Lipinski definition) is 2. The molecule has 1 N–H and O–H groups in total. The second-order valence-electron chi connectivity index (χ2n) is 9.49. The number of thioether (sulfide) groups is 1. The van der Waals surface area contributed by atoms with Gasteiger partial charge in [-0.25, -0.2) is 0 Å². The molecule has 0 aliphatic heterocycles. The first kappa shape index (κ1) is 19.2. The van der Waals surface area contributed by atoms with Gasteiger partial charge >= 0.3 is 0 Å². The molecule has 0 heterocycles. The van der Waals surface area contributed by atoms with Crippen LogP contribution in [0.5, 0.6) is 0 Å². The highest BCUT2D eigenvalue weighted by Gasteiger charge is 2.50. The van der Waals surface area contributed by atoms with E-state index in [2.05, 4.69) is 41.3 Å². The topological polar surface area (TPSA) is 29.1 Å². The Morgan fingerprint density at radius 2 is 1.34 bits per heavy atom. The summed E-state index contributed by atoms with van der Waals surface area (Å²) in [5.41, 5.74) is 2.12. The Bertz CT molecular complexity index is 760. The van der Waals surface area contributed by atoms with Gasteiger partial charge in [0.2, 0.25) is 5.91 Å². The van der Waals surface area contributed by atoms with Crippen LogP contribution >= 0.6 is 11.8 Å². The third-order valence-corrected chi connectivity index (χ3v) is 8.84. The average molecular weight is 406 g/mol. The number of carbonyl (C=O) groups excluding carboxylic acids is 1. The molecule has 4 fully saturated rings. The van der Waals surface area contributed by atoms with Crippen molar-refractivity contribution < 1.29 is 4.79 Å². The van der Waals surface area contributed by atoms with Crippen LogP contribution in [-0.4, -0.2) is 23.0 Å². The maximum absolute atomic E-state index is 13.1. The lowest BCUT2D eigenvalue weighted by Crippen LogP contribution is -2.49. The van der Waals surface area contributed by atoms with Gasteiger partial charge in [-0.3, -0.25) is 4.79 Å². The van der Waals surface area contributed by atoms with Crippen LogP contribution in [0.4, 0.5) is 0 Å². The molecular formula is C26H31NOS. The zero-order chi connectivity index (χ0) is 19.7. The van der Waals surface area contributed by atoms with E-state index in [1.54, 1.807) is 0 Å². The fourth-order valence-electron chi connectivity index (χ4n) is 6.54. The van der Waals surface area contributed by atoms with Gasteiger partial charge in [-0.15, -0.1) is 0 Å². The summed E-state index contributed by atoms with van der Waals surface area (Å²) in [5, 5.41) is 3.25. The molecule has 4 aliphatic rings. The van der Waals surface area contributed by atoms with Gasteiger partial charge in [0.25, 0.3) is 0 Å². The molecule has 0 unspecified atom stereocenters. The summed E-state index contributed by atoms with van der Waals surface area (Å²) in [6.45, 7) is 0.765. The SMILES string of the molecule is O=C(NCCSC12CC3CC(CC(C3)C1)C2)C(c1ccccc1)c1ccccc1. The van der Waals surface area contributed by atoms with Crippen molar-refractivity contribution >= 4 is 17.7 Å². The van der Waals surface area contributed by atoms with Crippen molar-refractivity contribution in [3.63, 3.8) is 0 Å². The lowest BCUT2D eigenvalue weighted by Gasteiger charge is -2.56. The number of carbonyl (C=O) groups is 1. The van der Waals surface area contributed by atoms with E-state index in [1.165, 1.54) is 38.5 Å². The number of amides is 1. The number of nitrogens with one attached hydrogen (secondary N) is 1. The van der Waals surface area contributed by atoms with Gasteiger partial charge in [-0.05, 0) is 67.4 Å². The third kappa shape index (κ3) is 4.12. The maximum Gasteiger partial charge on any atom is 0.232 e. The van der Waals surface area contributed by atoms with Crippen LogP contribution in [0, 0.1) is 17.8 Å². The maximum atomic E-state index is 13.1. The molecule has 0 saturated heterocycles. The fraction of sp³-hybridized carbons (Fsp3) is 0.500. The molecule has 4 aliphatic carbocycles. The van der Waals surface area contributed by atoms with Crippen LogP contribution in [0.2, 0.25) is 0 Å². The van der Waals surface area contributed by atoms with Crippen molar-refractivity contribution in [3.8, 4) is 0 Å². The minimum Gasteiger partial charge on any atom is -0.354 e. The van der Waals surface area contributed by atoms with Crippen molar-refractivity contribution in [3.05, 3.63) is 71.8 Å². The van der Waals surface area contributed by atoms with E-state index in [4.69, 9.17) is 0 Å². The van der Waals surface area contributed by atoms with Crippen LogP contribution in [0.1, 0.15) is 55.6 Å². The number of rotatable bonds is 7. The summed E-state index contributed by atoms with van der Waals surface area (Å²) in [7, 11) is 0. The molecular weight excluding hydrogens is 374 g/mol. The zero-order valence-corrected chi connectivity index (χ0v) is 17.9. The van der Waals surface area contributed by atoms with Gasteiger partial charge in [-0.2, -0.15) is 11.8 Å². The molecule has 0 aromatic heterocycles. The standard InChI is InChI=1S/C26H31NOS/c28-25(24(22-7-3-1-4-8-22)23-9-5-2-6-10-23)27-11-12-29-26-16-19-13-20(17-26)15-21(14-19)18-26/h1-10,19-21,24H,11-18H2,(H,27,28).